The number of carbonyl (C=O) groups is 1. The van der Waals surface area contributed by atoms with E-state index in [0.717, 1.165) is 5.69 Å². The highest BCUT2D eigenvalue weighted by molar-refractivity contribution is 6.29. The summed E-state index contributed by atoms with van der Waals surface area (Å²) in [5.41, 5.74) is 0.990. The van der Waals surface area contributed by atoms with Gasteiger partial charge in [0.2, 0.25) is 0 Å². The molecule has 0 atom stereocenters. The number of hydrogen-bond donors (Lipinski definition) is 0. The highest BCUT2D eigenvalue weighted by Gasteiger charge is 2.27. The monoisotopic (exact) mass is 228 g/mol. The summed E-state index contributed by atoms with van der Waals surface area (Å²) in [5.74, 6) is 0.246. The van der Waals surface area contributed by atoms with Gasteiger partial charge in [-0.25, -0.2) is 4.68 Å². The minimum Gasteiger partial charge on any atom is -0.465 e. The largest absolute Gasteiger partial charge is 0.465 e. The van der Waals surface area contributed by atoms with Gasteiger partial charge in [-0.05, 0) is 25.8 Å². The van der Waals surface area contributed by atoms with Crippen molar-refractivity contribution in [1.29, 1.82) is 0 Å². The van der Waals surface area contributed by atoms with Gasteiger partial charge in [0.25, 0.3) is 0 Å². The van der Waals surface area contributed by atoms with Gasteiger partial charge in [0.15, 0.2) is 0 Å². The van der Waals surface area contributed by atoms with Crippen molar-refractivity contribution in [2.75, 3.05) is 6.61 Å². The fourth-order valence-corrected chi connectivity index (χ4v) is 1.64. The van der Waals surface area contributed by atoms with E-state index in [2.05, 4.69) is 5.10 Å². The van der Waals surface area contributed by atoms with Gasteiger partial charge in [-0.1, -0.05) is 11.6 Å². The molecular formula is C10H13ClN2O2. The summed E-state index contributed by atoms with van der Waals surface area (Å²) in [6, 6.07) is 1.83. The van der Waals surface area contributed by atoms with Crippen LogP contribution in [0.3, 0.4) is 0 Å². The van der Waals surface area contributed by atoms with Crippen LogP contribution in [0.2, 0.25) is 5.15 Å². The molecule has 0 spiro atoms. The van der Waals surface area contributed by atoms with Gasteiger partial charge >= 0.3 is 5.97 Å². The minimum absolute atomic E-state index is 0.0966. The van der Waals surface area contributed by atoms with Crippen LogP contribution in [0.15, 0.2) is 6.07 Å². The molecule has 4 nitrogen and oxygen atoms in total. The smallest absolute Gasteiger partial charge is 0.327 e. The third-order valence-electron chi connectivity index (χ3n) is 2.33. The molecule has 1 fully saturated rings. The Morgan fingerprint density at radius 1 is 1.73 bits per heavy atom. The van der Waals surface area contributed by atoms with E-state index >= 15 is 0 Å². The summed E-state index contributed by atoms with van der Waals surface area (Å²) >= 11 is 5.95. The molecule has 1 saturated carbocycles. The lowest BCUT2D eigenvalue weighted by Crippen LogP contribution is -2.14. The average molecular weight is 229 g/mol. The number of carbonyl (C=O) groups excluding carboxylic acids is 1. The number of nitrogens with zero attached hydrogens (tertiary/aromatic N) is 2. The van der Waals surface area contributed by atoms with Crippen LogP contribution >= 0.6 is 11.6 Å². The van der Waals surface area contributed by atoms with Crippen LogP contribution in [0.4, 0.5) is 0 Å². The Morgan fingerprint density at radius 2 is 2.47 bits per heavy atom. The summed E-state index contributed by atoms with van der Waals surface area (Å²) < 4.78 is 6.32. The first-order valence-electron chi connectivity index (χ1n) is 5.09. The average Bonchev–Trinajstić information content (AvgIpc) is 2.94. The van der Waals surface area contributed by atoms with Crippen LogP contribution < -0.4 is 0 Å². The highest BCUT2D eigenvalue weighted by atomic mass is 35.5. The van der Waals surface area contributed by atoms with E-state index in [1.165, 1.54) is 17.5 Å². The second kappa shape index (κ2) is 4.23. The standard InChI is InChI=1S/C10H13ClN2O2/c1-2-15-10(14)6-13-9(11)5-8(12-13)7-3-4-7/h5,7H,2-4,6H2,1H3. The van der Waals surface area contributed by atoms with Gasteiger partial charge in [-0.15, -0.1) is 0 Å². The lowest BCUT2D eigenvalue weighted by molar-refractivity contribution is -0.144. The maximum absolute atomic E-state index is 11.2. The third-order valence-corrected chi connectivity index (χ3v) is 2.63. The number of hydrogen-bond acceptors (Lipinski definition) is 3. The molecule has 0 N–H and O–H groups in total. The fourth-order valence-electron chi connectivity index (χ4n) is 1.43. The van der Waals surface area contributed by atoms with E-state index in [4.69, 9.17) is 16.3 Å². The Morgan fingerprint density at radius 3 is 3.07 bits per heavy atom. The second-order valence-corrected chi connectivity index (χ2v) is 4.02. The molecule has 82 valence electrons. The van der Waals surface area contributed by atoms with Gasteiger partial charge < -0.3 is 4.74 Å². The SMILES string of the molecule is CCOC(=O)Cn1nc(C2CC2)cc1Cl. The van der Waals surface area contributed by atoms with Crippen molar-refractivity contribution in [1.82, 2.24) is 9.78 Å². The zero-order valence-electron chi connectivity index (χ0n) is 8.57. The third kappa shape index (κ3) is 2.50. The molecule has 1 aromatic rings. The molecule has 0 aromatic carbocycles. The van der Waals surface area contributed by atoms with E-state index in [0.29, 0.717) is 17.7 Å². The topological polar surface area (TPSA) is 44.1 Å². The molecule has 1 aliphatic rings. The van der Waals surface area contributed by atoms with Crippen LogP contribution in [-0.2, 0) is 16.1 Å². The number of halogens is 1. The normalized spacial score (nSPS) is 15.3. The van der Waals surface area contributed by atoms with Crippen molar-refractivity contribution in [2.24, 2.45) is 0 Å². The molecule has 0 saturated heterocycles. The summed E-state index contributed by atoms with van der Waals surface area (Å²) in [4.78, 5) is 11.2. The van der Waals surface area contributed by atoms with Crippen LogP contribution in [-0.4, -0.2) is 22.4 Å². The van der Waals surface area contributed by atoms with E-state index in [-0.39, 0.29) is 12.5 Å². The van der Waals surface area contributed by atoms with Crippen LogP contribution in [0.1, 0.15) is 31.4 Å². The first-order valence-corrected chi connectivity index (χ1v) is 5.47. The molecule has 0 amide bonds. The van der Waals surface area contributed by atoms with Crippen LogP contribution in [0.5, 0.6) is 0 Å². The molecule has 0 unspecified atom stereocenters. The number of esters is 1. The van der Waals surface area contributed by atoms with E-state index in [1.54, 1.807) is 6.92 Å². The molecule has 1 heterocycles. The first-order chi connectivity index (χ1) is 7.20. The molecule has 5 heteroatoms. The summed E-state index contributed by atoms with van der Waals surface area (Å²) in [7, 11) is 0. The Balaban J connectivity index is 2.03. The predicted molar refractivity (Wildman–Crippen MR) is 55.8 cm³/mol. The van der Waals surface area contributed by atoms with E-state index in [1.807, 2.05) is 6.07 Å². The highest BCUT2D eigenvalue weighted by Crippen LogP contribution is 2.39. The fraction of sp³-hybridized carbons (Fsp3) is 0.600. The van der Waals surface area contributed by atoms with Crippen molar-refractivity contribution in [2.45, 2.75) is 32.2 Å². The Kier molecular flexibility index (Phi) is 2.95. The lowest BCUT2D eigenvalue weighted by atomic mass is 10.3. The van der Waals surface area contributed by atoms with Crippen molar-refractivity contribution in [3.63, 3.8) is 0 Å². The van der Waals surface area contributed by atoms with Crippen molar-refractivity contribution in [3.05, 3.63) is 16.9 Å². The van der Waals surface area contributed by atoms with Gasteiger partial charge in [0.05, 0.1) is 12.3 Å². The Bertz CT molecular complexity index is 371. The number of aromatic nitrogens is 2. The summed E-state index contributed by atoms with van der Waals surface area (Å²) in [5, 5.41) is 4.78. The van der Waals surface area contributed by atoms with Crippen LogP contribution in [0, 0.1) is 0 Å². The first kappa shape index (κ1) is 10.5. The quantitative estimate of drug-likeness (QED) is 0.741. The Labute approximate surface area is 93.2 Å². The van der Waals surface area contributed by atoms with Crippen molar-refractivity contribution < 1.29 is 9.53 Å². The lowest BCUT2D eigenvalue weighted by Gasteiger charge is -2.02. The molecule has 2 rings (SSSR count). The minimum atomic E-state index is -0.301. The zero-order valence-corrected chi connectivity index (χ0v) is 9.33. The summed E-state index contributed by atoms with van der Waals surface area (Å²) in [6.07, 6.45) is 2.35. The van der Waals surface area contributed by atoms with Gasteiger partial charge in [0, 0.05) is 5.92 Å². The number of rotatable bonds is 4. The second-order valence-electron chi connectivity index (χ2n) is 3.63. The Hall–Kier alpha value is -1.03. The molecule has 15 heavy (non-hydrogen) atoms. The van der Waals surface area contributed by atoms with E-state index < -0.39 is 0 Å². The number of ether oxygens (including phenoxy) is 1. The van der Waals surface area contributed by atoms with Crippen molar-refractivity contribution >= 4 is 17.6 Å². The van der Waals surface area contributed by atoms with Gasteiger partial charge in [-0.2, -0.15) is 5.10 Å². The van der Waals surface area contributed by atoms with Gasteiger partial charge in [-0.3, -0.25) is 4.79 Å². The van der Waals surface area contributed by atoms with Crippen LogP contribution in [0.25, 0.3) is 0 Å². The van der Waals surface area contributed by atoms with Gasteiger partial charge in [0.1, 0.15) is 11.7 Å². The molecular weight excluding hydrogens is 216 g/mol. The summed E-state index contributed by atoms with van der Waals surface area (Å²) in [6.45, 7) is 2.25. The predicted octanol–water partition coefficient (Wildman–Crippen LogP) is 1.98. The molecule has 1 aliphatic carbocycles. The maximum Gasteiger partial charge on any atom is 0.327 e. The maximum atomic E-state index is 11.2. The molecule has 1 aromatic heterocycles. The molecule has 0 aliphatic heterocycles. The zero-order chi connectivity index (χ0) is 10.8. The van der Waals surface area contributed by atoms with E-state index in [9.17, 15) is 4.79 Å². The molecule has 0 bridgehead atoms. The molecule has 0 radical (unpaired) electrons. The van der Waals surface area contributed by atoms with Crippen molar-refractivity contribution in [3.8, 4) is 0 Å².